The molecule has 0 radical (unpaired) electrons. The zero-order chi connectivity index (χ0) is 10.7. The van der Waals surface area contributed by atoms with Crippen LogP contribution in [-0.4, -0.2) is 4.57 Å². The number of aromatic nitrogens is 2. The lowest BCUT2D eigenvalue weighted by Crippen LogP contribution is -2.31. The lowest BCUT2D eigenvalue weighted by molar-refractivity contribution is -0.687. The van der Waals surface area contributed by atoms with E-state index in [1.807, 2.05) is 17.8 Å². The van der Waals surface area contributed by atoms with Gasteiger partial charge in [-0.15, -0.1) is 0 Å². The third kappa shape index (κ3) is 2.69. The molecule has 0 atom stereocenters. The first kappa shape index (κ1) is 10.4. The molecule has 0 unspecified atom stereocenters. The first-order valence-electron chi connectivity index (χ1n) is 4.93. The highest BCUT2D eigenvalue weighted by Gasteiger charge is 2.01. The van der Waals surface area contributed by atoms with E-state index in [-0.39, 0.29) is 0 Å². The minimum atomic E-state index is 0.922. The molecule has 0 saturated carbocycles. The molecule has 0 N–H and O–H groups in total. The SMILES string of the molecule is Cn1cc[n+](Cc2ccc(CBr)cc2)c1. The van der Waals surface area contributed by atoms with Crippen molar-refractivity contribution in [2.24, 2.45) is 7.05 Å². The van der Waals surface area contributed by atoms with Crippen LogP contribution in [0.15, 0.2) is 43.0 Å². The van der Waals surface area contributed by atoms with Gasteiger partial charge >= 0.3 is 0 Å². The van der Waals surface area contributed by atoms with Crippen LogP contribution in [0.2, 0.25) is 0 Å². The summed E-state index contributed by atoms with van der Waals surface area (Å²) in [6.45, 7) is 0.934. The number of halogens is 1. The van der Waals surface area contributed by atoms with Crippen molar-refractivity contribution in [3.63, 3.8) is 0 Å². The molecule has 2 aromatic rings. The minimum absolute atomic E-state index is 0.922. The van der Waals surface area contributed by atoms with Crippen molar-refractivity contribution in [2.75, 3.05) is 0 Å². The Bertz CT molecular complexity index is 431. The number of imidazole rings is 1. The third-order valence-corrected chi connectivity index (χ3v) is 3.01. The van der Waals surface area contributed by atoms with Gasteiger partial charge < -0.3 is 0 Å². The van der Waals surface area contributed by atoms with Crippen LogP contribution in [0.25, 0.3) is 0 Å². The smallest absolute Gasteiger partial charge is 0.240 e. The van der Waals surface area contributed by atoms with Gasteiger partial charge in [0.2, 0.25) is 6.33 Å². The number of hydrogen-bond acceptors (Lipinski definition) is 0. The quantitative estimate of drug-likeness (QED) is 0.595. The molecule has 1 aromatic carbocycles. The maximum Gasteiger partial charge on any atom is 0.243 e. The average Bonchev–Trinajstić information content (AvgIpc) is 2.65. The molecule has 0 amide bonds. The van der Waals surface area contributed by atoms with E-state index in [1.54, 1.807) is 0 Å². The van der Waals surface area contributed by atoms with Crippen LogP contribution in [0.4, 0.5) is 0 Å². The van der Waals surface area contributed by atoms with Crippen molar-refractivity contribution in [3.05, 3.63) is 54.1 Å². The van der Waals surface area contributed by atoms with Crippen molar-refractivity contribution < 1.29 is 4.57 Å². The summed E-state index contributed by atoms with van der Waals surface area (Å²) >= 11 is 3.44. The summed E-state index contributed by atoms with van der Waals surface area (Å²) < 4.78 is 4.22. The highest BCUT2D eigenvalue weighted by atomic mass is 79.9. The lowest BCUT2D eigenvalue weighted by Gasteiger charge is -1.99. The number of nitrogens with zero attached hydrogens (tertiary/aromatic N) is 2. The monoisotopic (exact) mass is 265 g/mol. The van der Waals surface area contributed by atoms with Crippen LogP contribution in [0.5, 0.6) is 0 Å². The van der Waals surface area contributed by atoms with Gasteiger partial charge in [-0.3, -0.25) is 0 Å². The van der Waals surface area contributed by atoms with Crippen LogP contribution in [0, 0.1) is 0 Å². The highest BCUT2D eigenvalue weighted by molar-refractivity contribution is 9.08. The predicted molar refractivity (Wildman–Crippen MR) is 63.8 cm³/mol. The molecule has 15 heavy (non-hydrogen) atoms. The zero-order valence-corrected chi connectivity index (χ0v) is 10.3. The second-order valence-electron chi connectivity index (χ2n) is 3.70. The molecule has 0 aliphatic carbocycles. The summed E-state index contributed by atoms with van der Waals surface area (Å²) in [6.07, 6.45) is 6.21. The Kier molecular flexibility index (Phi) is 3.21. The molecule has 1 heterocycles. The van der Waals surface area contributed by atoms with Crippen molar-refractivity contribution in [1.29, 1.82) is 0 Å². The van der Waals surface area contributed by atoms with E-state index < -0.39 is 0 Å². The molecule has 0 fully saturated rings. The number of aryl methyl sites for hydroxylation is 1. The number of benzene rings is 1. The third-order valence-electron chi connectivity index (χ3n) is 2.37. The van der Waals surface area contributed by atoms with E-state index in [0.717, 1.165) is 11.9 Å². The molecule has 3 heteroatoms. The summed E-state index contributed by atoms with van der Waals surface area (Å²) in [5.74, 6) is 0. The highest BCUT2D eigenvalue weighted by Crippen LogP contribution is 2.07. The number of rotatable bonds is 3. The Labute approximate surface area is 98.3 Å². The molecule has 2 rings (SSSR count). The summed E-state index contributed by atoms with van der Waals surface area (Å²) in [5, 5.41) is 0.922. The average molecular weight is 266 g/mol. The van der Waals surface area contributed by atoms with Crippen molar-refractivity contribution in [3.8, 4) is 0 Å². The Morgan fingerprint density at radius 3 is 2.40 bits per heavy atom. The number of hydrogen-bond donors (Lipinski definition) is 0. The zero-order valence-electron chi connectivity index (χ0n) is 8.73. The normalized spacial score (nSPS) is 10.5. The van der Waals surface area contributed by atoms with E-state index in [0.29, 0.717) is 0 Å². The molecule has 0 bridgehead atoms. The standard InChI is InChI=1S/C12H14BrN2/c1-14-6-7-15(10-14)9-12-4-2-11(8-13)3-5-12/h2-7,10H,8-9H2,1H3/q+1. The lowest BCUT2D eigenvalue weighted by atomic mass is 10.1. The van der Waals surface area contributed by atoms with Crippen LogP contribution >= 0.6 is 15.9 Å². The van der Waals surface area contributed by atoms with E-state index in [1.165, 1.54) is 11.1 Å². The minimum Gasteiger partial charge on any atom is -0.240 e. The Balaban J connectivity index is 2.11. The maximum absolute atomic E-state index is 3.44. The van der Waals surface area contributed by atoms with Crippen LogP contribution in [0.3, 0.4) is 0 Å². The summed E-state index contributed by atoms with van der Waals surface area (Å²) in [5.41, 5.74) is 2.65. The fourth-order valence-corrected chi connectivity index (χ4v) is 1.91. The number of alkyl halides is 1. The van der Waals surface area contributed by atoms with Gasteiger partial charge in [-0.25, -0.2) is 9.13 Å². The first-order chi connectivity index (χ1) is 7.28. The summed E-state index contributed by atoms with van der Waals surface area (Å²) in [4.78, 5) is 0. The second-order valence-corrected chi connectivity index (χ2v) is 4.26. The van der Waals surface area contributed by atoms with Gasteiger partial charge in [-0.05, 0) is 11.1 Å². The van der Waals surface area contributed by atoms with Gasteiger partial charge in [0, 0.05) is 5.33 Å². The molecular weight excluding hydrogens is 252 g/mol. The van der Waals surface area contributed by atoms with Gasteiger partial charge in [0.1, 0.15) is 18.9 Å². The van der Waals surface area contributed by atoms with Crippen molar-refractivity contribution in [2.45, 2.75) is 11.9 Å². The van der Waals surface area contributed by atoms with Gasteiger partial charge in [0.15, 0.2) is 0 Å². The van der Waals surface area contributed by atoms with Gasteiger partial charge in [-0.2, -0.15) is 0 Å². The van der Waals surface area contributed by atoms with Crippen LogP contribution in [0.1, 0.15) is 11.1 Å². The van der Waals surface area contributed by atoms with E-state index in [4.69, 9.17) is 0 Å². The molecule has 1 aromatic heterocycles. The molecule has 2 nitrogen and oxygen atoms in total. The topological polar surface area (TPSA) is 8.81 Å². The van der Waals surface area contributed by atoms with E-state index >= 15 is 0 Å². The molecule has 0 saturated heterocycles. The predicted octanol–water partition coefficient (Wildman–Crippen LogP) is 2.26. The fraction of sp³-hybridized carbons (Fsp3) is 0.250. The Hall–Kier alpha value is -1.09. The molecule has 78 valence electrons. The van der Waals surface area contributed by atoms with Gasteiger partial charge in [-0.1, -0.05) is 40.2 Å². The summed E-state index contributed by atoms with van der Waals surface area (Å²) in [7, 11) is 2.03. The van der Waals surface area contributed by atoms with Crippen molar-refractivity contribution in [1.82, 2.24) is 4.57 Å². The molecule has 0 aliphatic heterocycles. The molecule has 0 aliphatic rings. The van der Waals surface area contributed by atoms with Crippen molar-refractivity contribution >= 4 is 15.9 Å². The Morgan fingerprint density at radius 1 is 1.20 bits per heavy atom. The Morgan fingerprint density at radius 2 is 1.87 bits per heavy atom. The van der Waals surface area contributed by atoms with Gasteiger partial charge in [0.25, 0.3) is 0 Å². The first-order valence-corrected chi connectivity index (χ1v) is 6.05. The maximum atomic E-state index is 3.44. The van der Waals surface area contributed by atoms with E-state index in [2.05, 4.69) is 57.3 Å². The van der Waals surface area contributed by atoms with E-state index in [9.17, 15) is 0 Å². The largest absolute Gasteiger partial charge is 0.243 e. The molecular formula is C12H14BrN2+. The van der Waals surface area contributed by atoms with Gasteiger partial charge in [0.05, 0.1) is 7.05 Å². The van der Waals surface area contributed by atoms with Crippen LogP contribution in [-0.2, 0) is 18.9 Å². The van der Waals surface area contributed by atoms with Crippen LogP contribution < -0.4 is 4.57 Å². The second kappa shape index (κ2) is 4.62. The fourth-order valence-electron chi connectivity index (χ4n) is 1.54. The molecule has 0 spiro atoms. The summed E-state index contributed by atoms with van der Waals surface area (Å²) in [6, 6.07) is 8.67.